The summed E-state index contributed by atoms with van der Waals surface area (Å²) in [6, 6.07) is 9.74. The molecular weight excluding hydrogens is 390 g/mol. The van der Waals surface area contributed by atoms with E-state index in [2.05, 4.69) is 20.6 Å². The molecule has 0 saturated heterocycles. The summed E-state index contributed by atoms with van der Waals surface area (Å²) >= 11 is 0. The molecule has 0 aliphatic heterocycles. The number of anilines is 1. The fourth-order valence-electron chi connectivity index (χ4n) is 2.99. The van der Waals surface area contributed by atoms with Crippen LogP contribution in [0.5, 0.6) is 0 Å². The number of nitrogens with one attached hydrogen (secondary N) is 2. The van der Waals surface area contributed by atoms with Crippen LogP contribution in [0.4, 0.5) is 5.82 Å². The molecule has 0 aliphatic carbocycles. The lowest BCUT2D eigenvalue weighted by molar-refractivity contribution is 0.0946. The average molecular weight is 424 g/mol. The molecule has 0 saturated carbocycles. The molecule has 3 aromatic rings. The van der Waals surface area contributed by atoms with Crippen molar-refractivity contribution in [2.45, 2.75) is 53.1 Å². The highest BCUT2D eigenvalue weighted by atomic mass is 16.2. The first-order valence-electron chi connectivity index (χ1n) is 10.6. The van der Waals surface area contributed by atoms with E-state index in [1.165, 1.54) is 0 Å². The molecule has 8 heteroatoms. The Morgan fingerprint density at radius 3 is 2.65 bits per heavy atom. The molecule has 6 N–H and O–H groups in total. The zero-order valence-corrected chi connectivity index (χ0v) is 18.6. The van der Waals surface area contributed by atoms with Crippen LogP contribution in [0.1, 0.15) is 60.3 Å². The van der Waals surface area contributed by atoms with Crippen LogP contribution in [0.15, 0.2) is 48.4 Å². The van der Waals surface area contributed by atoms with Crippen molar-refractivity contribution >= 4 is 17.8 Å². The second-order valence-corrected chi connectivity index (χ2v) is 7.01. The molecule has 2 heterocycles. The summed E-state index contributed by atoms with van der Waals surface area (Å²) in [6.45, 7) is 7.13. The number of rotatable bonds is 9. The van der Waals surface area contributed by atoms with E-state index in [0.717, 1.165) is 41.6 Å². The first kappa shape index (κ1) is 23.7. The van der Waals surface area contributed by atoms with Gasteiger partial charge in [0.15, 0.2) is 5.69 Å². The molecule has 31 heavy (non-hydrogen) atoms. The number of unbranched alkanes of at least 4 members (excludes halogenated alkanes) is 1. The van der Waals surface area contributed by atoms with Gasteiger partial charge in [-0.2, -0.15) is 0 Å². The number of nitrogens with two attached hydrogens (primary N) is 2. The average Bonchev–Trinajstić information content (AvgIpc) is 3.39. The third kappa shape index (κ3) is 7.33. The van der Waals surface area contributed by atoms with Gasteiger partial charge in [0.25, 0.3) is 5.91 Å². The molecule has 0 bridgehead atoms. The van der Waals surface area contributed by atoms with Crippen molar-refractivity contribution in [2.75, 3.05) is 5.73 Å². The Balaban J connectivity index is 0.00000166. The third-order valence-electron chi connectivity index (χ3n) is 4.66. The maximum Gasteiger partial charge on any atom is 0.273 e. The Bertz CT molecular complexity index is 953. The van der Waals surface area contributed by atoms with E-state index >= 15 is 0 Å². The molecule has 0 unspecified atom stereocenters. The van der Waals surface area contributed by atoms with E-state index in [9.17, 15) is 4.79 Å². The molecule has 166 valence electrons. The van der Waals surface area contributed by atoms with Crippen LogP contribution in [0.2, 0.25) is 0 Å². The standard InChI is InChI=1S/C21H27N7O.C2H6/c1-15-12-24-20(23)18(15)11-17(22)9-5-6-10-28-14-19(26-27-28)21(29)25-13-16-7-3-2-4-8-16;1-2/h2-4,7-8,11-12,14,24H,5-6,9-10,13,22-23H2,1H3,(H,25,29);1-2H3/b17-11-;. The quantitative estimate of drug-likeness (QED) is 0.391. The molecule has 0 fully saturated rings. The van der Waals surface area contributed by atoms with Crippen molar-refractivity contribution in [1.82, 2.24) is 25.3 Å². The highest BCUT2D eigenvalue weighted by molar-refractivity contribution is 5.91. The van der Waals surface area contributed by atoms with Crippen LogP contribution in [0, 0.1) is 6.92 Å². The van der Waals surface area contributed by atoms with Gasteiger partial charge in [0.05, 0.1) is 6.20 Å². The highest BCUT2D eigenvalue weighted by Crippen LogP contribution is 2.19. The predicted molar refractivity (Wildman–Crippen MR) is 125 cm³/mol. The molecular formula is C23H33N7O. The molecule has 0 atom stereocenters. The number of allylic oxidation sites excluding steroid dienone is 1. The van der Waals surface area contributed by atoms with Gasteiger partial charge in [-0.05, 0) is 43.4 Å². The zero-order valence-electron chi connectivity index (χ0n) is 18.6. The van der Waals surface area contributed by atoms with Crippen LogP contribution in [0.3, 0.4) is 0 Å². The summed E-state index contributed by atoms with van der Waals surface area (Å²) in [4.78, 5) is 15.2. The number of aromatic amines is 1. The van der Waals surface area contributed by atoms with E-state index in [-0.39, 0.29) is 5.91 Å². The Morgan fingerprint density at radius 1 is 1.23 bits per heavy atom. The minimum absolute atomic E-state index is 0.230. The summed E-state index contributed by atoms with van der Waals surface area (Å²) in [7, 11) is 0. The second kappa shape index (κ2) is 12.2. The van der Waals surface area contributed by atoms with Crippen LogP contribution >= 0.6 is 0 Å². The Kier molecular flexibility index (Phi) is 9.35. The van der Waals surface area contributed by atoms with E-state index in [1.807, 2.05) is 63.4 Å². The summed E-state index contributed by atoms with van der Waals surface area (Å²) < 4.78 is 1.69. The van der Waals surface area contributed by atoms with Crippen LogP contribution in [-0.4, -0.2) is 25.9 Å². The van der Waals surface area contributed by atoms with E-state index in [1.54, 1.807) is 10.9 Å². The number of amides is 1. The van der Waals surface area contributed by atoms with Crippen molar-refractivity contribution in [3.8, 4) is 0 Å². The minimum atomic E-state index is -0.230. The normalized spacial score (nSPS) is 11.0. The number of aryl methyl sites for hydroxylation is 2. The number of aromatic nitrogens is 4. The predicted octanol–water partition coefficient (Wildman–Crippen LogP) is 3.62. The van der Waals surface area contributed by atoms with Crippen molar-refractivity contribution in [3.63, 3.8) is 0 Å². The smallest absolute Gasteiger partial charge is 0.273 e. The summed E-state index contributed by atoms with van der Waals surface area (Å²) in [5.41, 5.74) is 16.2. The summed E-state index contributed by atoms with van der Waals surface area (Å²) in [5, 5.41) is 10.8. The molecule has 3 rings (SSSR count). The summed E-state index contributed by atoms with van der Waals surface area (Å²) in [5.74, 6) is 0.401. The molecule has 2 aromatic heterocycles. The van der Waals surface area contributed by atoms with Gasteiger partial charge in [-0.15, -0.1) is 5.10 Å². The Morgan fingerprint density at radius 2 is 1.97 bits per heavy atom. The number of hydrogen-bond acceptors (Lipinski definition) is 5. The van der Waals surface area contributed by atoms with Gasteiger partial charge in [-0.1, -0.05) is 49.4 Å². The number of benzene rings is 1. The minimum Gasteiger partial charge on any atom is -0.402 e. The van der Waals surface area contributed by atoms with Crippen molar-refractivity contribution in [1.29, 1.82) is 0 Å². The third-order valence-corrected chi connectivity index (χ3v) is 4.66. The molecule has 8 nitrogen and oxygen atoms in total. The van der Waals surface area contributed by atoms with Gasteiger partial charge in [0, 0.05) is 30.5 Å². The van der Waals surface area contributed by atoms with Gasteiger partial charge in [-0.25, -0.2) is 0 Å². The number of nitrogen functional groups attached to an aromatic ring is 1. The SMILES string of the molecule is CC.Cc1c[nH]c(N)c1/C=C(\N)CCCCn1cc(C(=O)NCc2ccccc2)nn1. The van der Waals surface area contributed by atoms with Gasteiger partial charge in [0.2, 0.25) is 0 Å². The van der Waals surface area contributed by atoms with Crippen molar-refractivity contribution in [2.24, 2.45) is 5.73 Å². The van der Waals surface area contributed by atoms with Crippen molar-refractivity contribution < 1.29 is 4.79 Å². The number of hydrogen-bond donors (Lipinski definition) is 4. The van der Waals surface area contributed by atoms with Gasteiger partial charge in [0.1, 0.15) is 5.82 Å². The number of carbonyl (C=O) groups is 1. The first-order chi connectivity index (χ1) is 15.0. The van der Waals surface area contributed by atoms with Gasteiger partial charge in [-0.3, -0.25) is 9.48 Å². The number of H-pyrrole nitrogens is 1. The molecule has 0 aliphatic rings. The van der Waals surface area contributed by atoms with Crippen LogP contribution in [-0.2, 0) is 13.1 Å². The Hall–Kier alpha value is -3.55. The maximum atomic E-state index is 12.2. The van der Waals surface area contributed by atoms with E-state index < -0.39 is 0 Å². The highest BCUT2D eigenvalue weighted by Gasteiger charge is 2.10. The van der Waals surface area contributed by atoms with Crippen molar-refractivity contribution in [3.05, 3.63) is 70.8 Å². The van der Waals surface area contributed by atoms with E-state index in [4.69, 9.17) is 11.5 Å². The zero-order chi connectivity index (χ0) is 22.6. The van der Waals surface area contributed by atoms with Gasteiger partial charge < -0.3 is 21.8 Å². The van der Waals surface area contributed by atoms with E-state index in [0.29, 0.717) is 24.6 Å². The lowest BCUT2D eigenvalue weighted by Crippen LogP contribution is -2.23. The molecule has 1 aromatic carbocycles. The Labute approximate surface area is 183 Å². The lowest BCUT2D eigenvalue weighted by atomic mass is 10.1. The van der Waals surface area contributed by atoms with Crippen LogP contribution < -0.4 is 16.8 Å². The summed E-state index contributed by atoms with van der Waals surface area (Å²) in [6.07, 6.45) is 8.01. The van der Waals surface area contributed by atoms with Crippen LogP contribution in [0.25, 0.3) is 6.08 Å². The van der Waals surface area contributed by atoms with Gasteiger partial charge >= 0.3 is 0 Å². The molecule has 0 radical (unpaired) electrons. The lowest BCUT2D eigenvalue weighted by Gasteiger charge is -2.04. The second-order valence-electron chi connectivity index (χ2n) is 7.01. The molecule has 1 amide bonds. The first-order valence-corrected chi connectivity index (χ1v) is 10.6. The maximum absolute atomic E-state index is 12.2. The largest absolute Gasteiger partial charge is 0.402 e. The fourth-order valence-corrected chi connectivity index (χ4v) is 2.99. The monoisotopic (exact) mass is 423 g/mol. The molecule has 0 spiro atoms. The number of carbonyl (C=O) groups excluding carboxylic acids is 1. The topological polar surface area (TPSA) is 128 Å². The number of nitrogens with zero attached hydrogens (tertiary/aromatic N) is 3. The fraction of sp³-hybridized carbons (Fsp3) is 0.348.